The molecule has 0 unspecified atom stereocenters. The van der Waals surface area contributed by atoms with E-state index in [0.717, 1.165) is 31.7 Å². The van der Waals surface area contributed by atoms with Crippen molar-refractivity contribution in [3.63, 3.8) is 0 Å². The average Bonchev–Trinajstić information content (AvgIpc) is 2.69. The predicted octanol–water partition coefficient (Wildman–Crippen LogP) is 3.96. The minimum Gasteiger partial charge on any atom is -0.166 e. The summed E-state index contributed by atoms with van der Waals surface area (Å²) in [5.74, 6) is 0.0625. The molecule has 0 heterocycles. The summed E-state index contributed by atoms with van der Waals surface area (Å²) in [6.45, 7) is 0. The highest BCUT2D eigenvalue weighted by Gasteiger charge is 2.35. The van der Waals surface area contributed by atoms with Gasteiger partial charge in [0.15, 0.2) is 0 Å². The van der Waals surface area contributed by atoms with Gasteiger partial charge in [-0.15, -0.1) is 0 Å². The molecular formula is C12H11F3. The van der Waals surface area contributed by atoms with Crippen LogP contribution in [-0.2, 0) is 6.18 Å². The van der Waals surface area contributed by atoms with Crippen molar-refractivity contribution < 1.29 is 13.2 Å². The van der Waals surface area contributed by atoms with Gasteiger partial charge >= 0.3 is 6.18 Å². The SMILES string of the molecule is FC(F)(F)c1cc#ccc1C1CCCC1. The van der Waals surface area contributed by atoms with E-state index in [1.54, 1.807) is 0 Å². The number of rotatable bonds is 1. The van der Waals surface area contributed by atoms with E-state index in [4.69, 9.17) is 0 Å². The summed E-state index contributed by atoms with van der Waals surface area (Å²) < 4.78 is 38.0. The summed E-state index contributed by atoms with van der Waals surface area (Å²) in [4.78, 5) is 0. The van der Waals surface area contributed by atoms with Crippen molar-refractivity contribution in [1.82, 2.24) is 0 Å². The third kappa shape index (κ3) is 2.09. The Balaban J connectivity index is 2.37. The van der Waals surface area contributed by atoms with Gasteiger partial charge in [0, 0.05) is 6.07 Å². The standard InChI is InChI=1S/C12H11F3/c13-12(14,15)11-8-4-3-7-10(11)9-5-1-2-6-9/h7-9H,1-2,5-6H2. The van der Waals surface area contributed by atoms with Gasteiger partial charge in [-0.1, -0.05) is 25.0 Å². The molecule has 0 aliphatic heterocycles. The van der Waals surface area contributed by atoms with Gasteiger partial charge in [-0.25, -0.2) is 0 Å². The van der Waals surface area contributed by atoms with Gasteiger partial charge in [0.1, 0.15) is 0 Å². The Morgan fingerprint density at radius 1 is 1.07 bits per heavy atom. The van der Waals surface area contributed by atoms with Crippen LogP contribution in [0.15, 0.2) is 12.1 Å². The first-order valence-electron chi connectivity index (χ1n) is 5.08. The maximum atomic E-state index is 12.7. The fourth-order valence-electron chi connectivity index (χ4n) is 2.21. The van der Waals surface area contributed by atoms with Crippen LogP contribution in [0, 0.1) is 12.1 Å². The molecule has 1 aliphatic rings. The van der Waals surface area contributed by atoms with Gasteiger partial charge in [0.05, 0.1) is 5.56 Å². The first-order valence-corrected chi connectivity index (χ1v) is 5.08. The minimum atomic E-state index is -4.26. The molecule has 1 aromatic rings. The average molecular weight is 212 g/mol. The summed E-state index contributed by atoms with van der Waals surface area (Å²) in [5.41, 5.74) is -0.132. The first-order chi connectivity index (χ1) is 7.09. The number of hydrogen-bond acceptors (Lipinski definition) is 0. The molecule has 0 amide bonds. The van der Waals surface area contributed by atoms with Crippen molar-refractivity contribution in [3.05, 3.63) is 35.4 Å². The Morgan fingerprint density at radius 3 is 2.27 bits per heavy atom. The van der Waals surface area contributed by atoms with E-state index in [1.807, 2.05) is 0 Å². The second kappa shape index (κ2) is 3.77. The maximum Gasteiger partial charge on any atom is 0.417 e. The number of halogens is 3. The molecule has 0 atom stereocenters. The maximum absolute atomic E-state index is 12.7. The second-order valence-electron chi connectivity index (χ2n) is 3.93. The van der Waals surface area contributed by atoms with Crippen LogP contribution in [0.25, 0.3) is 0 Å². The van der Waals surface area contributed by atoms with Crippen LogP contribution in [0.3, 0.4) is 0 Å². The zero-order valence-electron chi connectivity index (χ0n) is 8.19. The normalized spacial score (nSPS) is 17.8. The molecule has 1 saturated carbocycles. The molecule has 80 valence electrons. The zero-order chi connectivity index (χ0) is 10.9. The molecule has 3 heteroatoms. The van der Waals surface area contributed by atoms with E-state index in [9.17, 15) is 13.2 Å². The number of alkyl halides is 3. The van der Waals surface area contributed by atoms with Crippen molar-refractivity contribution in [3.8, 4) is 0 Å². The Hall–Kier alpha value is -1.17. The Labute approximate surface area is 87.1 Å². The Morgan fingerprint density at radius 2 is 1.67 bits per heavy atom. The highest BCUT2D eigenvalue weighted by molar-refractivity contribution is 5.30. The zero-order valence-corrected chi connectivity index (χ0v) is 8.19. The quantitative estimate of drug-likeness (QED) is 0.660. The van der Waals surface area contributed by atoms with Crippen LogP contribution in [-0.4, -0.2) is 0 Å². The first kappa shape index (κ1) is 10.4. The fraction of sp³-hybridized carbons (Fsp3) is 0.500. The lowest BCUT2D eigenvalue weighted by atomic mass is 9.93. The van der Waals surface area contributed by atoms with Gasteiger partial charge in [0.2, 0.25) is 0 Å². The lowest BCUT2D eigenvalue weighted by Crippen LogP contribution is -2.10. The molecular weight excluding hydrogens is 201 g/mol. The molecule has 0 nitrogen and oxygen atoms in total. The molecule has 1 aromatic carbocycles. The minimum absolute atomic E-state index is 0.0625. The Kier molecular flexibility index (Phi) is 2.60. The lowest BCUT2D eigenvalue weighted by molar-refractivity contribution is -0.138. The van der Waals surface area contributed by atoms with Gasteiger partial charge < -0.3 is 0 Å². The molecule has 0 radical (unpaired) electrons. The summed E-state index contributed by atoms with van der Waals surface area (Å²) in [6, 6.07) is 7.46. The van der Waals surface area contributed by atoms with Crippen molar-refractivity contribution in [2.75, 3.05) is 0 Å². The van der Waals surface area contributed by atoms with E-state index >= 15 is 0 Å². The summed E-state index contributed by atoms with van der Waals surface area (Å²) in [7, 11) is 0. The van der Waals surface area contributed by atoms with Crippen LogP contribution in [0.4, 0.5) is 13.2 Å². The van der Waals surface area contributed by atoms with Crippen molar-refractivity contribution in [1.29, 1.82) is 0 Å². The van der Waals surface area contributed by atoms with E-state index < -0.39 is 11.7 Å². The highest BCUT2D eigenvalue weighted by Crippen LogP contribution is 2.40. The van der Waals surface area contributed by atoms with Crippen LogP contribution >= 0.6 is 0 Å². The number of hydrogen-bond donors (Lipinski definition) is 0. The topological polar surface area (TPSA) is 0 Å². The predicted molar refractivity (Wildman–Crippen MR) is 50.3 cm³/mol. The third-order valence-corrected chi connectivity index (χ3v) is 2.94. The van der Waals surface area contributed by atoms with Crippen molar-refractivity contribution >= 4 is 0 Å². The van der Waals surface area contributed by atoms with Gasteiger partial charge in [-0.3, -0.25) is 0 Å². The van der Waals surface area contributed by atoms with Gasteiger partial charge in [-0.2, -0.15) is 13.2 Å². The van der Waals surface area contributed by atoms with E-state index in [1.165, 1.54) is 6.07 Å². The molecule has 15 heavy (non-hydrogen) atoms. The van der Waals surface area contributed by atoms with Gasteiger partial charge in [0.25, 0.3) is 0 Å². The van der Waals surface area contributed by atoms with E-state index in [-0.39, 0.29) is 5.92 Å². The molecule has 0 saturated heterocycles. The van der Waals surface area contributed by atoms with Crippen LogP contribution in [0.5, 0.6) is 0 Å². The largest absolute Gasteiger partial charge is 0.417 e. The smallest absolute Gasteiger partial charge is 0.166 e. The molecule has 0 N–H and O–H groups in total. The van der Waals surface area contributed by atoms with Crippen LogP contribution in [0.2, 0.25) is 0 Å². The summed E-state index contributed by atoms with van der Waals surface area (Å²) >= 11 is 0. The Bertz CT molecular complexity index is 335. The van der Waals surface area contributed by atoms with Crippen LogP contribution in [0.1, 0.15) is 42.7 Å². The van der Waals surface area contributed by atoms with E-state index in [0.29, 0.717) is 5.56 Å². The molecule has 1 fully saturated rings. The highest BCUT2D eigenvalue weighted by atomic mass is 19.4. The monoisotopic (exact) mass is 212 g/mol. The van der Waals surface area contributed by atoms with Crippen LogP contribution < -0.4 is 0 Å². The van der Waals surface area contributed by atoms with E-state index in [2.05, 4.69) is 12.1 Å². The van der Waals surface area contributed by atoms with Crippen molar-refractivity contribution in [2.45, 2.75) is 37.8 Å². The lowest BCUT2D eigenvalue weighted by Gasteiger charge is -2.15. The molecule has 2 rings (SSSR count). The van der Waals surface area contributed by atoms with Gasteiger partial charge in [-0.05, 0) is 30.4 Å². The second-order valence-corrected chi connectivity index (χ2v) is 3.93. The molecule has 0 spiro atoms. The molecule has 0 bridgehead atoms. The summed E-state index contributed by atoms with van der Waals surface area (Å²) in [6.07, 6.45) is -0.480. The fourth-order valence-corrected chi connectivity index (χ4v) is 2.21. The van der Waals surface area contributed by atoms with Crippen molar-refractivity contribution in [2.24, 2.45) is 0 Å². The molecule has 0 aromatic heterocycles. The third-order valence-electron chi connectivity index (χ3n) is 2.94. The summed E-state index contributed by atoms with van der Waals surface area (Å²) in [5, 5.41) is 0. The molecule has 1 aliphatic carbocycles.